The summed E-state index contributed by atoms with van der Waals surface area (Å²) in [5, 5.41) is 7.97. The first kappa shape index (κ1) is 17.0. The Morgan fingerprint density at radius 2 is 2.00 bits per heavy atom. The number of hydrogen-bond acceptors (Lipinski definition) is 4. The Morgan fingerprint density at radius 1 is 1.35 bits per heavy atom. The molecular formula is C15H30N4O. The standard InChI is InChI=1S/C15H30N4O/c1-12-13(10-16-8-9-20-7)14(19(6)17-12)18(5)11-15(2,3)4/h16H,8-11H2,1-7H3. The molecule has 20 heavy (non-hydrogen) atoms. The minimum Gasteiger partial charge on any atom is -0.383 e. The van der Waals surface area contributed by atoms with Crippen molar-refractivity contribution < 1.29 is 4.74 Å². The van der Waals surface area contributed by atoms with E-state index in [1.54, 1.807) is 7.11 Å². The Labute approximate surface area is 123 Å². The van der Waals surface area contributed by atoms with Crippen LogP contribution in [0.4, 0.5) is 5.82 Å². The highest BCUT2D eigenvalue weighted by molar-refractivity contribution is 5.49. The Bertz CT molecular complexity index is 420. The molecule has 0 saturated heterocycles. The number of aromatic nitrogens is 2. The van der Waals surface area contributed by atoms with E-state index in [0.717, 1.165) is 31.9 Å². The van der Waals surface area contributed by atoms with Gasteiger partial charge in [-0.05, 0) is 12.3 Å². The molecule has 1 aromatic rings. The van der Waals surface area contributed by atoms with Crippen LogP contribution in [0.15, 0.2) is 0 Å². The highest BCUT2D eigenvalue weighted by Crippen LogP contribution is 2.25. The molecule has 1 N–H and O–H groups in total. The molecule has 0 aliphatic carbocycles. The van der Waals surface area contributed by atoms with Crippen LogP contribution in [0.2, 0.25) is 0 Å². The fourth-order valence-electron chi connectivity index (χ4n) is 2.55. The SMILES string of the molecule is COCCNCc1c(C)nn(C)c1N(C)CC(C)(C)C. The van der Waals surface area contributed by atoms with Gasteiger partial charge in [-0.3, -0.25) is 4.68 Å². The Hall–Kier alpha value is -1.07. The average Bonchev–Trinajstić information content (AvgIpc) is 2.57. The first-order chi connectivity index (χ1) is 9.26. The summed E-state index contributed by atoms with van der Waals surface area (Å²) in [6.45, 7) is 12.2. The minimum absolute atomic E-state index is 0.258. The molecule has 0 spiro atoms. The number of hydrogen-bond donors (Lipinski definition) is 1. The van der Waals surface area contributed by atoms with Crippen molar-refractivity contribution >= 4 is 5.82 Å². The third-order valence-electron chi connectivity index (χ3n) is 3.17. The van der Waals surface area contributed by atoms with Crippen molar-refractivity contribution in [1.29, 1.82) is 0 Å². The summed E-state index contributed by atoms with van der Waals surface area (Å²) in [5.74, 6) is 1.20. The molecule has 5 heteroatoms. The zero-order chi connectivity index (χ0) is 15.3. The molecule has 0 unspecified atom stereocenters. The van der Waals surface area contributed by atoms with Crippen LogP contribution in [-0.4, -0.2) is 43.6 Å². The van der Waals surface area contributed by atoms with Gasteiger partial charge in [0.25, 0.3) is 0 Å². The molecule has 0 atom stereocenters. The number of aryl methyl sites for hydroxylation is 2. The summed E-state index contributed by atoms with van der Waals surface area (Å²) in [6.07, 6.45) is 0. The molecule has 0 radical (unpaired) electrons. The van der Waals surface area contributed by atoms with E-state index in [0.29, 0.717) is 0 Å². The zero-order valence-corrected chi connectivity index (χ0v) is 14.1. The maximum Gasteiger partial charge on any atom is 0.131 e. The van der Waals surface area contributed by atoms with Crippen LogP contribution in [0.5, 0.6) is 0 Å². The van der Waals surface area contributed by atoms with Gasteiger partial charge in [0, 0.05) is 46.4 Å². The highest BCUT2D eigenvalue weighted by atomic mass is 16.5. The predicted octanol–water partition coefficient (Wildman–Crippen LogP) is 1.95. The summed E-state index contributed by atoms with van der Waals surface area (Å²) in [4.78, 5) is 2.30. The van der Waals surface area contributed by atoms with Crippen LogP contribution >= 0.6 is 0 Å². The fourth-order valence-corrected chi connectivity index (χ4v) is 2.55. The maximum absolute atomic E-state index is 5.07. The van der Waals surface area contributed by atoms with Crippen LogP contribution in [0, 0.1) is 12.3 Å². The van der Waals surface area contributed by atoms with Crippen LogP contribution in [0.1, 0.15) is 32.0 Å². The molecular weight excluding hydrogens is 252 g/mol. The van der Waals surface area contributed by atoms with Crippen molar-refractivity contribution in [2.75, 3.05) is 38.8 Å². The fraction of sp³-hybridized carbons (Fsp3) is 0.800. The molecule has 0 amide bonds. The van der Waals surface area contributed by atoms with Gasteiger partial charge in [-0.2, -0.15) is 5.10 Å². The second-order valence-electron chi connectivity index (χ2n) is 6.60. The summed E-state index contributed by atoms with van der Waals surface area (Å²) in [5.41, 5.74) is 2.62. The van der Waals surface area contributed by atoms with Gasteiger partial charge < -0.3 is 15.0 Å². The number of rotatable bonds is 7. The summed E-state index contributed by atoms with van der Waals surface area (Å²) in [7, 11) is 5.88. The lowest BCUT2D eigenvalue weighted by Crippen LogP contribution is -2.31. The molecule has 5 nitrogen and oxygen atoms in total. The molecule has 1 aromatic heterocycles. The van der Waals surface area contributed by atoms with Gasteiger partial charge in [-0.15, -0.1) is 0 Å². The first-order valence-electron chi connectivity index (χ1n) is 7.19. The van der Waals surface area contributed by atoms with Crippen molar-refractivity contribution in [2.45, 2.75) is 34.2 Å². The minimum atomic E-state index is 0.258. The van der Waals surface area contributed by atoms with Crippen molar-refractivity contribution in [3.8, 4) is 0 Å². The number of ether oxygens (including phenoxy) is 1. The van der Waals surface area contributed by atoms with E-state index in [9.17, 15) is 0 Å². The number of nitrogens with one attached hydrogen (secondary N) is 1. The van der Waals surface area contributed by atoms with Crippen LogP contribution in [0.3, 0.4) is 0 Å². The van der Waals surface area contributed by atoms with Gasteiger partial charge in [-0.1, -0.05) is 20.8 Å². The summed E-state index contributed by atoms with van der Waals surface area (Å²) in [6, 6.07) is 0. The van der Waals surface area contributed by atoms with Gasteiger partial charge in [0.1, 0.15) is 5.82 Å². The lowest BCUT2D eigenvalue weighted by atomic mass is 9.96. The van der Waals surface area contributed by atoms with E-state index in [2.05, 4.69) is 50.1 Å². The lowest BCUT2D eigenvalue weighted by molar-refractivity contribution is 0.199. The van der Waals surface area contributed by atoms with E-state index >= 15 is 0 Å². The van der Waals surface area contributed by atoms with E-state index < -0.39 is 0 Å². The van der Waals surface area contributed by atoms with E-state index in [1.807, 2.05) is 11.7 Å². The van der Waals surface area contributed by atoms with E-state index in [-0.39, 0.29) is 5.41 Å². The van der Waals surface area contributed by atoms with Crippen molar-refractivity contribution in [3.63, 3.8) is 0 Å². The topological polar surface area (TPSA) is 42.3 Å². The molecule has 0 aliphatic heterocycles. The Balaban J connectivity index is 2.83. The normalized spacial score (nSPS) is 11.9. The summed E-state index contributed by atoms with van der Waals surface area (Å²) >= 11 is 0. The van der Waals surface area contributed by atoms with Crippen molar-refractivity contribution in [1.82, 2.24) is 15.1 Å². The third kappa shape index (κ3) is 4.80. The first-order valence-corrected chi connectivity index (χ1v) is 7.19. The lowest BCUT2D eigenvalue weighted by Gasteiger charge is -2.29. The number of anilines is 1. The zero-order valence-electron chi connectivity index (χ0n) is 14.1. The van der Waals surface area contributed by atoms with E-state index in [1.165, 1.54) is 11.4 Å². The molecule has 1 heterocycles. The molecule has 116 valence electrons. The molecule has 0 fully saturated rings. The maximum atomic E-state index is 5.07. The van der Waals surface area contributed by atoms with Crippen molar-refractivity contribution in [2.24, 2.45) is 12.5 Å². The average molecular weight is 282 g/mol. The molecule has 0 aliphatic rings. The number of methoxy groups -OCH3 is 1. The quantitative estimate of drug-likeness (QED) is 0.776. The molecule has 0 aromatic carbocycles. The summed E-state index contributed by atoms with van der Waals surface area (Å²) < 4.78 is 7.05. The van der Waals surface area contributed by atoms with Crippen LogP contribution in [0.25, 0.3) is 0 Å². The largest absolute Gasteiger partial charge is 0.383 e. The van der Waals surface area contributed by atoms with Crippen molar-refractivity contribution in [3.05, 3.63) is 11.3 Å². The van der Waals surface area contributed by atoms with Gasteiger partial charge in [-0.25, -0.2) is 0 Å². The van der Waals surface area contributed by atoms with Gasteiger partial charge in [0.2, 0.25) is 0 Å². The smallest absolute Gasteiger partial charge is 0.131 e. The number of nitrogens with zero attached hydrogens (tertiary/aromatic N) is 3. The van der Waals surface area contributed by atoms with E-state index in [4.69, 9.17) is 4.74 Å². The predicted molar refractivity (Wildman–Crippen MR) is 84.3 cm³/mol. The monoisotopic (exact) mass is 282 g/mol. The second-order valence-corrected chi connectivity index (χ2v) is 6.60. The van der Waals surface area contributed by atoms with Gasteiger partial charge in [0.05, 0.1) is 12.3 Å². The Morgan fingerprint density at radius 3 is 2.55 bits per heavy atom. The van der Waals surface area contributed by atoms with Gasteiger partial charge in [0.15, 0.2) is 0 Å². The second kappa shape index (κ2) is 7.09. The molecule has 0 saturated carbocycles. The van der Waals surface area contributed by atoms with Crippen LogP contribution < -0.4 is 10.2 Å². The molecule has 1 rings (SSSR count). The highest BCUT2D eigenvalue weighted by Gasteiger charge is 2.20. The van der Waals surface area contributed by atoms with Gasteiger partial charge >= 0.3 is 0 Å². The molecule has 0 bridgehead atoms. The Kier molecular flexibility index (Phi) is 6.02. The third-order valence-corrected chi connectivity index (χ3v) is 3.17. The van der Waals surface area contributed by atoms with Crippen LogP contribution in [-0.2, 0) is 18.3 Å².